The van der Waals surface area contributed by atoms with Crippen LogP contribution in [0, 0.1) is 0 Å². The van der Waals surface area contributed by atoms with Gasteiger partial charge < -0.3 is 9.42 Å². The number of alkyl halides is 4. The Morgan fingerprint density at radius 3 is 2.77 bits per heavy atom. The lowest BCUT2D eigenvalue weighted by Gasteiger charge is -2.18. The number of benzene rings is 1. The smallest absolute Gasteiger partial charge is 0.336 e. The van der Waals surface area contributed by atoms with Crippen molar-refractivity contribution in [1.82, 2.24) is 15.0 Å². The van der Waals surface area contributed by atoms with Crippen molar-refractivity contribution in [2.45, 2.75) is 37.0 Å². The molecule has 9 heteroatoms. The van der Waals surface area contributed by atoms with Gasteiger partial charge in [-0.3, -0.25) is 4.79 Å². The number of aromatic nitrogens is 2. The van der Waals surface area contributed by atoms with Gasteiger partial charge in [0.2, 0.25) is 5.67 Å². The molecule has 5 nitrogen and oxygen atoms in total. The summed E-state index contributed by atoms with van der Waals surface area (Å²) in [6, 6.07) is 4.11. The van der Waals surface area contributed by atoms with Gasteiger partial charge in [0.15, 0.2) is 5.82 Å². The molecule has 4 rings (SSSR count). The summed E-state index contributed by atoms with van der Waals surface area (Å²) in [4.78, 5) is 17.8. The van der Waals surface area contributed by atoms with E-state index in [1.807, 2.05) is 0 Å². The zero-order chi connectivity index (χ0) is 18.5. The van der Waals surface area contributed by atoms with Gasteiger partial charge >= 0.3 is 6.18 Å². The Labute approximate surface area is 146 Å². The first-order valence-corrected chi connectivity index (χ1v) is 8.26. The summed E-state index contributed by atoms with van der Waals surface area (Å²) in [5.74, 6) is -0.142. The van der Waals surface area contributed by atoms with Crippen LogP contribution in [-0.4, -0.2) is 34.0 Å². The van der Waals surface area contributed by atoms with Crippen LogP contribution in [0.1, 0.15) is 52.8 Å². The molecule has 2 heterocycles. The van der Waals surface area contributed by atoms with Crippen LogP contribution in [0.4, 0.5) is 17.6 Å². The van der Waals surface area contributed by atoms with E-state index in [0.29, 0.717) is 5.82 Å². The maximum atomic E-state index is 15.2. The van der Waals surface area contributed by atoms with Crippen LogP contribution in [-0.2, 0) is 11.8 Å². The van der Waals surface area contributed by atoms with Gasteiger partial charge in [0.25, 0.3) is 11.8 Å². The van der Waals surface area contributed by atoms with Crippen LogP contribution in [0.3, 0.4) is 0 Å². The first-order valence-electron chi connectivity index (χ1n) is 8.26. The molecule has 2 fully saturated rings. The van der Waals surface area contributed by atoms with Crippen LogP contribution in [0.25, 0.3) is 0 Å². The van der Waals surface area contributed by atoms with E-state index < -0.39 is 23.3 Å². The van der Waals surface area contributed by atoms with Crippen LogP contribution in [0.2, 0.25) is 0 Å². The fourth-order valence-electron chi connectivity index (χ4n) is 3.06. The molecule has 2 aromatic rings. The molecule has 1 unspecified atom stereocenters. The molecule has 1 aliphatic heterocycles. The van der Waals surface area contributed by atoms with Gasteiger partial charge in [-0.1, -0.05) is 11.2 Å². The van der Waals surface area contributed by atoms with E-state index in [9.17, 15) is 18.0 Å². The topological polar surface area (TPSA) is 59.2 Å². The molecule has 0 radical (unpaired) electrons. The van der Waals surface area contributed by atoms with E-state index in [1.165, 1.54) is 11.0 Å². The number of hydrogen-bond acceptors (Lipinski definition) is 4. The zero-order valence-corrected chi connectivity index (χ0v) is 13.6. The van der Waals surface area contributed by atoms with E-state index in [2.05, 4.69) is 10.1 Å². The monoisotopic (exact) mass is 369 g/mol. The number of amides is 1. The molecule has 1 aliphatic carbocycles. The lowest BCUT2D eigenvalue weighted by atomic mass is 10.1. The quantitative estimate of drug-likeness (QED) is 0.775. The van der Waals surface area contributed by atoms with Gasteiger partial charge in [-0.25, -0.2) is 4.39 Å². The number of carbonyl (C=O) groups excluding carboxylic acids is 1. The Kier molecular flexibility index (Phi) is 3.78. The molecule has 1 atom stereocenters. The van der Waals surface area contributed by atoms with Crippen molar-refractivity contribution in [3.8, 4) is 0 Å². The van der Waals surface area contributed by atoms with Crippen LogP contribution >= 0.6 is 0 Å². The number of nitrogens with zero attached hydrogens (tertiary/aromatic N) is 3. The van der Waals surface area contributed by atoms with Crippen molar-refractivity contribution in [2.75, 3.05) is 13.1 Å². The molecule has 1 amide bonds. The molecule has 1 saturated carbocycles. The third kappa shape index (κ3) is 3.06. The van der Waals surface area contributed by atoms with Crippen LogP contribution in [0.5, 0.6) is 0 Å². The highest BCUT2D eigenvalue weighted by atomic mass is 19.4. The van der Waals surface area contributed by atoms with Gasteiger partial charge in [0.05, 0.1) is 12.1 Å². The molecular weight excluding hydrogens is 354 g/mol. The normalized spacial score (nSPS) is 23.5. The summed E-state index contributed by atoms with van der Waals surface area (Å²) in [7, 11) is 0. The Morgan fingerprint density at radius 2 is 2.08 bits per heavy atom. The summed E-state index contributed by atoms with van der Waals surface area (Å²) in [6.45, 7) is -0.263. The van der Waals surface area contributed by atoms with Gasteiger partial charge in [-0.2, -0.15) is 18.2 Å². The molecule has 1 aromatic carbocycles. The van der Waals surface area contributed by atoms with Gasteiger partial charge in [-0.05, 0) is 31.0 Å². The minimum absolute atomic E-state index is 0.0377. The lowest BCUT2D eigenvalue weighted by molar-refractivity contribution is -0.137. The van der Waals surface area contributed by atoms with E-state index in [4.69, 9.17) is 4.52 Å². The number of halogens is 4. The Morgan fingerprint density at radius 1 is 1.31 bits per heavy atom. The van der Waals surface area contributed by atoms with E-state index in [1.54, 1.807) is 0 Å². The van der Waals surface area contributed by atoms with Crippen molar-refractivity contribution in [2.24, 2.45) is 0 Å². The van der Waals surface area contributed by atoms with Crippen molar-refractivity contribution >= 4 is 5.91 Å². The van der Waals surface area contributed by atoms with E-state index in [0.717, 1.165) is 31.0 Å². The third-order valence-corrected chi connectivity index (χ3v) is 4.71. The molecule has 0 spiro atoms. The highest BCUT2D eigenvalue weighted by Gasteiger charge is 2.47. The molecule has 2 aliphatic rings. The molecule has 1 aromatic heterocycles. The summed E-state index contributed by atoms with van der Waals surface area (Å²) in [5.41, 5.74) is -3.02. The third-order valence-electron chi connectivity index (χ3n) is 4.71. The summed E-state index contributed by atoms with van der Waals surface area (Å²) >= 11 is 0. The number of rotatable bonds is 3. The van der Waals surface area contributed by atoms with E-state index >= 15 is 4.39 Å². The maximum absolute atomic E-state index is 15.2. The average Bonchev–Trinajstić information content (AvgIpc) is 3.18. The fourth-order valence-corrected chi connectivity index (χ4v) is 3.06. The summed E-state index contributed by atoms with van der Waals surface area (Å²) in [5, 5.41) is 3.78. The molecule has 26 heavy (non-hydrogen) atoms. The highest BCUT2D eigenvalue weighted by Crippen LogP contribution is 2.41. The Balaban J connectivity index is 1.51. The first-order chi connectivity index (χ1) is 12.3. The van der Waals surface area contributed by atoms with Crippen molar-refractivity contribution in [3.05, 3.63) is 47.1 Å². The predicted octanol–water partition coefficient (Wildman–Crippen LogP) is 3.68. The van der Waals surface area contributed by atoms with Gasteiger partial charge in [-0.15, -0.1) is 0 Å². The summed E-state index contributed by atoms with van der Waals surface area (Å²) < 4.78 is 58.6. The van der Waals surface area contributed by atoms with Gasteiger partial charge in [0, 0.05) is 24.4 Å². The van der Waals surface area contributed by atoms with Crippen LogP contribution in [0.15, 0.2) is 28.8 Å². The Hall–Kier alpha value is -2.45. The standard InChI is InChI=1S/C17H15F4N3O2/c18-16(15-22-13(23-26-15)10-4-5-10)6-7-24(9-16)14(25)11-2-1-3-12(8-11)17(19,20)21/h1-3,8,10H,4-7,9H2. The number of hydrogen-bond donors (Lipinski definition) is 0. The predicted molar refractivity (Wildman–Crippen MR) is 81.0 cm³/mol. The maximum Gasteiger partial charge on any atom is 0.416 e. The molecule has 0 bridgehead atoms. The molecule has 0 N–H and O–H groups in total. The minimum Gasteiger partial charge on any atom is -0.336 e. The second-order valence-electron chi connectivity index (χ2n) is 6.75. The second-order valence-corrected chi connectivity index (χ2v) is 6.75. The van der Waals surface area contributed by atoms with Crippen LogP contribution < -0.4 is 0 Å². The highest BCUT2D eigenvalue weighted by molar-refractivity contribution is 5.94. The van der Waals surface area contributed by atoms with Gasteiger partial charge in [0.1, 0.15) is 0 Å². The molecular formula is C17H15F4N3O2. The van der Waals surface area contributed by atoms with E-state index in [-0.39, 0.29) is 36.9 Å². The van der Waals surface area contributed by atoms with Crippen molar-refractivity contribution < 1.29 is 26.9 Å². The minimum atomic E-state index is -4.55. The first kappa shape index (κ1) is 17.0. The van der Waals surface area contributed by atoms with Crippen molar-refractivity contribution in [1.29, 1.82) is 0 Å². The molecule has 138 valence electrons. The summed E-state index contributed by atoms with van der Waals surface area (Å²) in [6.07, 6.45) is -2.70. The number of likely N-dealkylation sites (tertiary alicyclic amines) is 1. The average molecular weight is 369 g/mol. The lowest BCUT2D eigenvalue weighted by Crippen LogP contribution is -2.32. The Bertz CT molecular complexity index is 847. The number of carbonyl (C=O) groups is 1. The fraction of sp³-hybridized carbons (Fsp3) is 0.471. The SMILES string of the molecule is O=C(c1cccc(C(F)(F)F)c1)N1CCC(F)(c2nc(C3CC3)no2)C1. The molecule has 1 saturated heterocycles. The second kappa shape index (κ2) is 5.78. The van der Waals surface area contributed by atoms with Crippen molar-refractivity contribution in [3.63, 3.8) is 0 Å². The largest absolute Gasteiger partial charge is 0.416 e. The zero-order valence-electron chi connectivity index (χ0n) is 13.6.